The van der Waals surface area contributed by atoms with Crippen LogP contribution in [0.15, 0.2) is 69.0 Å². The van der Waals surface area contributed by atoms with E-state index in [9.17, 15) is 13.2 Å². The molecule has 37 heavy (non-hydrogen) atoms. The van der Waals surface area contributed by atoms with Gasteiger partial charge >= 0.3 is 0 Å². The lowest BCUT2D eigenvalue weighted by Crippen LogP contribution is -2.21. The van der Waals surface area contributed by atoms with Crippen LogP contribution >= 0.6 is 0 Å². The van der Waals surface area contributed by atoms with E-state index in [1.807, 2.05) is 0 Å². The minimum absolute atomic E-state index is 0.0311. The van der Waals surface area contributed by atoms with Crippen molar-refractivity contribution >= 4 is 26.7 Å². The first-order valence-electron chi connectivity index (χ1n) is 11.8. The number of methoxy groups -OCH3 is 2. The van der Waals surface area contributed by atoms with Gasteiger partial charge in [-0.25, -0.2) is 12.8 Å². The average molecular weight is 528 g/mol. The number of hydrogen-bond acceptors (Lipinski definition) is 7. The van der Waals surface area contributed by atoms with Crippen LogP contribution in [0.2, 0.25) is 0 Å². The predicted molar refractivity (Wildman–Crippen MR) is 135 cm³/mol. The van der Waals surface area contributed by atoms with Gasteiger partial charge < -0.3 is 14.0 Å². The van der Waals surface area contributed by atoms with Crippen LogP contribution < -0.4 is 15.0 Å². The third-order valence-electron chi connectivity index (χ3n) is 6.84. The standard InChI is InChI=1S/C26H26FN3O6S/c1-34-18-6-3-16(4-7-18)20-14-24(35-2)23(15-21(20)27)30-22-9-8-19(13-17(22)5-10-26(30)31)37(32,33)29-25-11-12-36-28-25/h5,8-16,18H,3-4,6-7H2,1-2H3,(H,28,29). The molecule has 1 aliphatic rings. The molecule has 4 aromatic rings. The Kier molecular flexibility index (Phi) is 6.74. The molecule has 1 aliphatic carbocycles. The van der Waals surface area contributed by atoms with Crippen molar-refractivity contribution in [2.45, 2.75) is 42.6 Å². The number of pyridine rings is 1. The molecule has 2 heterocycles. The molecule has 0 unspecified atom stereocenters. The minimum Gasteiger partial charge on any atom is -0.495 e. The fourth-order valence-electron chi connectivity index (χ4n) is 4.92. The van der Waals surface area contributed by atoms with Crippen LogP contribution in [-0.4, -0.2) is 38.5 Å². The zero-order valence-corrected chi connectivity index (χ0v) is 21.1. The number of halogens is 1. The summed E-state index contributed by atoms with van der Waals surface area (Å²) in [6, 6.07) is 11.5. The Balaban J connectivity index is 1.56. The van der Waals surface area contributed by atoms with Gasteiger partial charge in [-0.05, 0) is 67.5 Å². The van der Waals surface area contributed by atoms with Gasteiger partial charge in [-0.3, -0.25) is 14.1 Å². The third kappa shape index (κ3) is 4.84. The Morgan fingerprint density at radius 1 is 1.05 bits per heavy atom. The molecule has 0 amide bonds. The van der Waals surface area contributed by atoms with Crippen molar-refractivity contribution < 1.29 is 26.8 Å². The van der Waals surface area contributed by atoms with Gasteiger partial charge in [0.15, 0.2) is 5.82 Å². The van der Waals surface area contributed by atoms with Gasteiger partial charge in [-0.1, -0.05) is 5.16 Å². The van der Waals surface area contributed by atoms with Crippen molar-refractivity contribution in [3.05, 3.63) is 76.5 Å². The van der Waals surface area contributed by atoms with E-state index in [1.54, 1.807) is 13.2 Å². The Morgan fingerprint density at radius 2 is 1.84 bits per heavy atom. The molecule has 0 radical (unpaired) electrons. The molecule has 0 atom stereocenters. The maximum atomic E-state index is 15.4. The van der Waals surface area contributed by atoms with E-state index in [4.69, 9.17) is 9.47 Å². The zero-order valence-electron chi connectivity index (χ0n) is 20.3. The third-order valence-corrected chi connectivity index (χ3v) is 8.19. The Bertz CT molecular complexity index is 1590. The van der Waals surface area contributed by atoms with Crippen molar-refractivity contribution in [1.82, 2.24) is 9.72 Å². The molecule has 194 valence electrons. The number of ether oxygens (including phenoxy) is 2. The maximum absolute atomic E-state index is 15.4. The van der Waals surface area contributed by atoms with Crippen LogP contribution in [0.5, 0.6) is 5.75 Å². The molecular weight excluding hydrogens is 501 g/mol. The summed E-state index contributed by atoms with van der Waals surface area (Å²) in [4.78, 5) is 13.0. The number of aromatic nitrogens is 2. The summed E-state index contributed by atoms with van der Waals surface area (Å²) in [5, 5.41) is 4.03. The average Bonchev–Trinajstić information content (AvgIpc) is 3.40. The second-order valence-corrected chi connectivity index (χ2v) is 10.7. The fourth-order valence-corrected chi connectivity index (χ4v) is 5.95. The summed E-state index contributed by atoms with van der Waals surface area (Å²) >= 11 is 0. The highest BCUT2D eigenvalue weighted by molar-refractivity contribution is 7.92. The van der Waals surface area contributed by atoms with Crippen LogP contribution in [0, 0.1) is 5.82 Å². The number of nitrogens with zero attached hydrogens (tertiary/aromatic N) is 2. The highest BCUT2D eigenvalue weighted by Gasteiger charge is 2.26. The molecule has 2 aromatic heterocycles. The van der Waals surface area contributed by atoms with Crippen molar-refractivity contribution in [2.24, 2.45) is 0 Å². The predicted octanol–water partition coefficient (Wildman–Crippen LogP) is 4.60. The molecule has 1 saturated carbocycles. The number of fused-ring (bicyclic) bond motifs is 1. The van der Waals surface area contributed by atoms with E-state index in [-0.39, 0.29) is 28.4 Å². The van der Waals surface area contributed by atoms with Gasteiger partial charge in [-0.2, -0.15) is 0 Å². The van der Waals surface area contributed by atoms with Gasteiger partial charge in [0.2, 0.25) is 0 Å². The topological polar surface area (TPSA) is 113 Å². The second-order valence-electron chi connectivity index (χ2n) is 8.97. The summed E-state index contributed by atoms with van der Waals surface area (Å²) < 4.78 is 60.4. The normalized spacial score (nSPS) is 18.1. The molecule has 0 aliphatic heterocycles. The van der Waals surface area contributed by atoms with Crippen LogP contribution in [0.1, 0.15) is 37.2 Å². The van der Waals surface area contributed by atoms with E-state index >= 15 is 4.39 Å². The molecule has 1 fully saturated rings. The lowest BCUT2D eigenvalue weighted by Gasteiger charge is -2.28. The Hall–Kier alpha value is -3.70. The Morgan fingerprint density at radius 3 is 2.51 bits per heavy atom. The number of benzene rings is 2. The summed E-state index contributed by atoms with van der Waals surface area (Å²) in [5.41, 5.74) is 0.783. The SMILES string of the molecule is COc1cc(C2CCC(OC)CC2)c(F)cc1-n1c(=O)ccc2cc(S(=O)(=O)Nc3ccon3)ccc21. The van der Waals surface area contributed by atoms with Crippen LogP contribution in [0.3, 0.4) is 0 Å². The van der Waals surface area contributed by atoms with E-state index in [0.717, 1.165) is 25.7 Å². The highest BCUT2D eigenvalue weighted by atomic mass is 32.2. The molecule has 9 nitrogen and oxygen atoms in total. The van der Waals surface area contributed by atoms with Gasteiger partial charge in [0.1, 0.15) is 17.8 Å². The highest BCUT2D eigenvalue weighted by Crippen LogP contribution is 2.38. The van der Waals surface area contributed by atoms with Crippen molar-refractivity contribution in [2.75, 3.05) is 18.9 Å². The molecule has 0 saturated heterocycles. The number of rotatable bonds is 7. The van der Waals surface area contributed by atoms with Gasteiger partial charge in [0.25, 0.3) is 15.6 Å². The van der Waals surface area contributed by atoms with Crippen molar-refractivity contribution in [3.8, 4) is 11.4 Å². The minimum atomic E-state index is -3.96. The second kappa shape index (κ2) is 9.98. The smallest absolute Gasteiger partial charge is 0.263 e. The van der Waals surface area contributed by atoms with Gasteiger partial charge in [0, 0.05) is 30.7 Å². The molecule has 0 bridgehead atoms. The largest absolute Gasteiger partial charge is 0.495 e. The molecule has 2 aromatic carbocycles. The van der Waals surface area contributed by atoms with Crippen molar-refractivity contribution in [1.29, 1.82) is 0 Å². The molecular formula is C26H26FN3O6S. The first kappa shape index (κ1) is 25.0. The summed E-state index contributed by atoms with van der Waals surface area (Å²) in [6.45, 7) is 0. The number of sulfonamides is 1. The lowest BCUT2D eigenvalue weighted by molar-refractivity contribution is 0.0655. The summed E-state index contributed by atoms with van der Waals surface area (Å²) in [5.74, 6) is 0.00508. The van der Waals surface area contributed by atoms with Crippen LogP contribution in [0.4, 0.5) is 10.2 Å². The number of hydrogen-bond donors (Lipinski definition) is 1. The van der Waals surface area contributed by atoms with E-state index < -0.39 is 21.4 Å². The quantitative estimate of drug-likeness (QED) is 0.374. The summed E-state index contributed by atoms with van der Waals surface area (Å²) in [6.07, 6.45) is 4.74. The molecule has 1 N–H and O–H groups in total. The van der Waals surface area contributed by atoms with E-state index in [2.05, 4.69) is 14.4 Å². The maximum Gasteiger partial charge on any atom is 0.263 e. The molecule has 11 heteroatoms. The fraction of sp³-hybridized carbons (Fsp3) is 0.308. The first-order valence-corrected chi connectivity index (χ1v) is 13.3. The molecule has 0 spiro atoms. The van der Waals surface area contributed by atoms with Crippen LogP contribution in [0.25, 0.3) is 16.6 Å². The van der Waals surface area contributed by atoms with E-state index in [0.29, 0.717) is 22.2 Å². The van der Waals surface area contributed by atoms with E-state index in [1.165, 1.54) is 60.4 Å². The number of nitrogens with one attached hydrogen (secondary N) is 1. The number of anilines is 1. The Labute approximate surface area is 212 Å². The summed E-state index contributed by atoms with van der Waals surface area (Å²) in [7, 11) is -0.797. The molecule has 5 rings (SSSR count). The monoisotopic (exact) mass is 527 g/mol. The van der Waals surface area contributed by atoms with Crippen LogP contribution in [-0.2, 0) is 14.8 Å². The lowest BCUT2D eigenvalue weighted by atomic mass is 9.82. The first-order chi connectivity index (χ1) is 17.8. The zero-order chi connectivity index (χ0) is 26.2. The van der Waals surface area contributed by atoms with Crippen molar-refractivity contribution in [3.63, 3.8) is 0 Å². The van der Waals surface area contributed by atoms with Gasteiger partial charge in [-0.15, -0.1) is 0 Å². The van der Waals surface area contributed by atoms with Gasteiger partial charge in [0.05, 0.1) is 29.3 Å².